The van der Waals surface area contributed by atoms with Crippen molar-refractivity contribution in [3.63, 3.8) is 0 Å². The number of rotatable bonds is 8. The summed E-state index contributed by atoms with van der Waals surface area (Å²) in [7, 11) is 0. The van der Waals surface area contributed by atoms with Crippen LogP contribution in [-0.4, -0.2) is 13.2 Å². The Hall–Kier alpha value is -2.36. The molecular weight excluding hydrogens is 358 g/mol. The molecule has 0 N–H and O–H groups in total. The second-order valence-corrected chi connectivity index (χ2v) is 7.16. The molecule has 2 atom stereocenters. The van der Waals surface area contributed by atoms with E-state index < -0.39 is 11.6 Å². The van der Waals surface area contributed by atoms with Gasteiger partial charge >= 0.3 is 0 Å². The lowest BCUT2D eigenvalue weighted by molar-refractivity contribution is 0.312. The van der Waals surface area contributed by atoms with Crippen LogP contribution in [0.1, 0.15) is 50.2 Å². The first-order chi connectivity index (χ1) is 13.6. The Morgan fingerprint density at radius 1 is 0.857 bits per heavy atom. The van der Waals surface area contributed by atoms with Gasteiger partial charge in [-0.15, -0.1) is 0 Å². The lowest BCUT2D eigenvalue weighted by Gasteiger charge is -2.24. The highest BCUT2D eigenvalue weighted by molar-refractivity contribution is 5.35. The first-order valence-corrected chi connectivity index (χ1v) is 10.1. The standard InChI is InChI=1S/C24H28F2O2/c1-3-27-20-13-9-18(10-14-20)6-5-17-7-11-19(12-8-17)21-15-16-22(28-4-2)24(26)23(21)25/h7,9-11,13-17,19H,3-6,8,12H2,1-2H3. The zero-order valence-electron chi connectivity index (χ0n) is 16.6. The Morgan fingerprint density at radius 3 is 2.25 bits per heavy atom. The predicted octanol–water partition coefficient (Wildman–Crippen LogP) is 6.44. The summed E-state index contributed by atoms with van der Waals surface area (Å²) in [6.45, 7) is 4.72. The van der Waals surface area contributed by atoms with Crippen LogP contribution in [0.4, 0.5) is 8.78 Å². The number of hydrogen-bond donors (Lipinski definition) is 0. The molecule has 0 saturated carbocycles. The summed E-state index contributed by atoms with van der Waals surface area (Å²) in [5.74, 6) is -0.392. The molecule has 0 aliphatic heterocycles. The molecule has 2 aromatic carbocycles. The third kappa shape index (κ3) is 4.92. The largest absolute Gasteiger partial charge is 0.494 e. The Morgan fingerprint density at radius 2 is 1.61 bits per heavy atom. The zero-order valence-corrected chi connectivity index (χ0v) is 16.6. The molecule has 4 heteroatoms. The first kappa shape index (κ1) is 20.4. The SMILES string of the molecule is CCOc1ccc(CCC2C=CC(c3ccc(OCC)c(F)c3F)CC2)cc1. The molecule has 2 aromatic rings. The fourth-order valence-electron chi connectivity index (χ4n) is 3.75. The number of ether oxygens (including phenoxy) is 2. The van der Waals surface area contributed by atoms with Crippen molar-refractivity contribution in [3.05, 3.63) is 71.3 Å². The maximum Gasteiger partial charge on any atom is 0.200 e. The maximum absolute atomic E-state index is 14.4. The zero-order chi connectivity index (χ0) is 19.9. The Bertz CT molecular complexity index is 799. The van der Waals surface area contributed by atoms with E-state index in [4.69, 9.17) is 9.47 Å². The van der Waals surface area contributed by atoms with Gasteiger partial charge in [0.15, 0.2) is 11.6 Å². The second kappa shape index (κ2) is 9.72. The van der Waals surface area contributed by atoms with Gasteiger partial charge in [0, 0.05) is 5.92 Å². The van der Waals surface area contributed by atoms with Gasteiger partial charge < -0.3 is 9.47 Å². The van der Waals surface area contributed by atoms with E-state index in [9.17, 15) is 8.78 Å². The number of allylic oxidation sites excluding steroid dienone is 2. The highest BCUT2D eigenvalue weighted by Crippen LogP contribution is 2.36. The van der Waals surface area contributed by atoms with E-state index >= 15 is 0 Å². The van der Waals surface area contributed by atoms with Gasteiger partial charge in [0.2, 0.25) is 5.82 Å². The third-order valence-corrected chi connectivity index (χ3v) is 5.28. The van der Waals surface area contributed by atoms with Crippen molar-refractivity contribution in [2.75, 3.05) is 13.2 Å². The summed E-state index contributed by atoms with van der Waals surface area (Å²) in [4.78, 5) is 0. The average molecular weight is 386 g/mol. The lowest BCUT2D eigenvalue weighted by atomic mass is 9.82. The second-order valence-electron chi connectivity index (χ2n) is 7.16. The molecule has 1 aliphatic rings. The normalized spacial score (nSPS) is 18.9. The highest BCUT2D eigenvalue weighted by Gasteiger charge is 2.23. The maximum atomic E-state index is 14.4. The predicted molar refractivity (Wildman–Crippen MR) is 108 cm³/mol. The van der Waals surface area contributed by atoms with Crippen LogP contribution in [0, 0.1) is 17.6 Å². The van der Waals surface area contributed by atoms with Crippen LogP contribution in [0.2, 0.25) is 0 Å². The molecule has 2 unspecified atom stereocenters. The van der Waals surface area contributed by atoms with Crippen molar-refractivity contribution >= 4 is 0 Å². The summed E-state index contributed by atoms with van der Waals surface area (Å²) < 4.78 is 39.2. The molecule has 0 saturated heterocycles. The fourth-order valence-corrected chi connectivity index (χ4v) is 3.75. The van der Waals surface area contributed by atoms with Gasteiger partial charge in [0.25, 0.3) is 0 Å². The van der Waals surface area contributed by atoms with E-state index in [-0.39, 0.29) is 11.7 Å². The topological polar surface area (TPSA) is 18.5 Å². The van der Waals surface area contributed by atoms with Gasteiger partial charge in [-0.2, -0.15) is 4.39 Å². The van der Waals surface area contributed by atoms with Crippen LogP contribution in [-0.2, 0) is 6.42 Å². The lowest BCUT2D eigenvalue weighted by Crippen LogP contribution is -2.11. The summed E-state index contributed by atoms with van der Waals surface area (Å²) >= 11 is 0. The molecule has 0 amide bonds. The monoisotopic (exact) mass is 386 g/mol. The number of hydrogen-bond acceptors (Lipinski definition) is 2. The molecule has 28 heavy (non-hydrogen) atoms. The van der Waals surface area contributed by atoms with Crippen LogP contribution in [0.15, 0.2) is 48.6 Å². The van der Waals surface area contributed by atoms with E-state index in [0.29, 0.717) is 24.7 Å². The minimum atomic E-state index is -0.884. The van der Waals surface area contributed by atoms with Crippen LogP contribution in [0.25, 0.3) is 0 Å². The van der Waals surface area contributed by atoms with Gasteiger partial charge in [-0.05, 0) is 74.8 Å². The molecule has 0 radical (unpaired) electrons. The molecule has 0 heterocycles. The van der Waals surface area contributed by atoms with Crippen molar-refractivity contribution in [2.45, 2.75) is 45.4 Å². The molecule has 1 aliphatic carbocycles. The van der Waals surface area contributed by atoms with Gasteiger partial charge in [-0.3, -0.25) is 0 Å². The van der Waals surface area contributed by atoms with E-state index in [1.54, 1.807) is 13.0 Å². The van der Waals surface area contributed by atoms with Gasteiger partial charge in [0.1, 0.15) is 5.75 Å². The smallest absolute Gasteiger partial charge is 0.200 e. The third-order valence-electron chi connectivity index (χ3n) is 5.28. The van der Waals surface area contributed by atoms with Crippen LogP contribution in [0.3, 0.4) is 0 Å². The Kier molecular flexibility index (Phi) is 7.07. The summed E-state index contributed by atoms with van der Waals surface area (Å²) in [6.07, 6.45) is 8.05. The van der Waals surface area contributed by atoms with E-state index in [0.717, 1.165) is 31.4 Å². The van der Waals surface area contributed by atoms with E-state index in [1.807, 2.05) is 25.1 Å². The molecule has 150 valence electrons. The van der Waals surface area contributed by atoms with Crippen LogP contribution in [0.5, 0.6) is 11.5 Å². The molecule has 2 nitrogen and oxygen atoms in total. The number of halogens is 2. The van der Waals surface area contributed by atoms with Crippen LogP contribution >= 0.6 is 0 Å². The molecule has 0 bridgehead atoms. The Labute approximate surface area is 166 Å². The van der Waals surface area contributed by atoms with Gasteiger partial charge in [-0.25, -0.2) is 4.39 Å². The average Bonchev–Trinajstić information content (AvgIpc) is 2.72. The Balaban J connectivity index is 1.57. The molecule has 0 fully saturated rings. The first-order valence-electron chi connectivity index (χ1n) is 10.1. The van der Waals surface area contributed by atoms with Crippen molar-refractivity contribution in [1.29, 1.82) is 0 Å². The van der Waals surface area contributed by atoms with Crippen molar-refractivity contribution in [2.24, 2.45) is 5.92 Å². The molecule has 3 rings (SSSR count). The molecule has 0 spiro atoms. The number of aryl methyl sites for hydroxylation is 1. The minimum Gasteiger partial charge on any atom is -0.494 e. The van der Waals surface area contributed by atoms with Crippen LogP contribution < -0.4 is 9.47 Å². The molecule has 0 aromatic heterocycles. The van der Waals surface area contributed by atoms with Gasteiger partial charge in [0.05, 0.1) is 13.2 Å². The van der Waals surface area contributed by atoms with E-state index in [1.165, 1.54) is 11.6 Å². The summed E-state index contributed by atoms with van der Waals surface area (Å²) in [5, 5.41) is 0. The summed E-state index contributed by atoms with van der Waals surface area (Å²) in [6, 6.07) is 11.4. The quantitative estimate of drug-likeness (QED) is 0.486. The van der Waals surface area contributed by atoms with Crippen molar-refractivity contribution < 1.29 is 18.3 Å². The van der Waals surface area contributed by atoms with E-state index in [2.05, 4.69) is 18.2 Å². The van der Waals surface area contributed by atoms with Crippen molar-refractivity contribution in [3.8, 4) is 11.5 Å². The minimum absolute atomic E-state index is 0.0169. The summed E-state index contributed by atoms with van der Waals surface area (Å²) in [5.41, 5.74) is 1.71. The van der Waals surface area contributed by atoms with Crippen molar-refractivity contribution in [1.82, 2.24) is 0 Å². The van der Waals surface area contributed by atoms with Gasteiger partial charge in [-0.1, -0.05) is 30.4 Å². The fraction of sp³-hybridized carbons (Fsp3) is 0.417. The number of benzene rings is 2. The highest BCUT2D eigenvalue weighted by atomic mass is 19.2. The molecular formula is C24H28F2O2.